The summed E-state index contributed by atoms with van der Waals surface area (Å²) >= 11 is 0. The predicted molar refractivity (Wildman–Crippen MR) is 73.0 cm³/mol. The van der Waals surface area contributed by atoms with Crippen LogP contribution in [0, 0.1) is 6.92 Å². The van der Waals surface area contributed by atoms with E-state index in [4.69, 9.17) is 0 Å². The third-order valence-electron chi connectivity index (χ3n) is 3.04. The van der Waals surface area contributed by atoms with Gasteiger partial charge in [-0.25, -0.2) is 13.4 Å². The van der Waals surface area contributed by atoms with Crippen molar-refractivity contribution in [1.29, 1.82) is 0 Å². The number of carbonyl (C=O) groups excluding carboxylic acids is 1. The van der Waals surface area contributed by atoms with Gasteiger partial charge in [0.15, 0.2) is 9.84 Å². The Labute approximate surface area is 112 Å². The molecule has 0 aromatic carbocycles. The number of nitrogens with zero attached hydrogens (tertiary/aromatic N) is 1. The van der Waals surface area contributed by atoms with Gasteiger partial charge in [-0.3, -0.25) is 4.79 Å². The van der Waals surface area contributed by atoms with E-state index in [-0.39, 0.29) is 23.5 Å². The summed E-state index contributed by atoms with van der Waals surface area (Å²) in [5.41, 5.74) is 1.22. The molecule has 1 aliphatic heterocycles. The first-order valence-electron chi connectivity index (χ1n) is 6.07. The molecule has 2 heterocycles. The number of carbonyl (C=O) groups is 1. The summed E-state index contributed by atoms with van der Waals surface area (Å²) in [6.45, 7) is 1.80. The van der Waals surface area contributed by atoms with Crippen LogP contribution in [0.5, 0.6) is 0 Å². The van der Waals surface area contributed by atoms with E-state index in [1.807, 2.05) is 0 Å². The topological polar surface area (TPSA) is 88.2 Å². The first kappa shape index (κ1) is 13.8. The van der Waals surface area contributed by atoms with Crippen LogP contribution in [0.3, 0.4) is 0 Å². The lowest BCUT2D eigenvalue weighted by Gasteiger charge is -2.12. The number of aromatic nitrogens is 1. The molecule has 2 N–H and O–H groups in total. The molecule has 1 aliphatic rings. The highest BCUT2D eigenvalue weighted by molar-refractivity contribution is 7.91. The molecule has 1 aromatic rings. The molecule has 19 heavy (non-hydrogen) atoms. The van der Waals surface area contributed by atoms with Crippen LogP contribution in [-0.4, -0.2) is 43.9 Å². The molecule has 0 saturated carbocycles. The third kappa shape index (κ3) is 3.44. The highest BCUT2D eigenvalue weighted by Gasteiger charge is 2.29. The second-order valence-electron chi connectivity index (χ2n) is 4.71. The molecule has 0 radical (unpaired) electrons. The largest absolute Gasteiger partial charge is 0.373 e. The quantitative estimate of drug-likeness (QED) is 0.835. The second-order valence-corrected chi connectivity index (χ2v) is 6.93. The molecule has 1 amide bonds. The lowest BCUT2D eigenvalue weighted by molar-refractivity contribution is 0.0941. The summed E-state index contributed by atoms with van der Waals surface area (Å²) in [5.74, 6) is 0.532. The van der Waals surface area contributed by atoms with Crippen molar-refractivity contribution >= 4 is 21.6 Å². The van der Waals surface area contributed by atoms with Crippen LogP contribution in [0.4, 0.5) is 5.82 Å². The molecular formula is C12H17N3O3S. The number of nitrogens with one attached hydrogen (secondary N) is 2. The Morgan fingerprint density at radius 2 is 2.16 bits per heavy atom. The minimum absolute atomic E-state index is 0.0295. The molecule has 1 unspecified atom stereocenters. The van der Waals surface area contributed by atoms with Crippen molar-refractivity contribution in [3.63, 3.8) is 0 Å². The first-order valence-corrected chi connectivity index (χ1v) is 7.89. The monoisotopic (exact) mass is 283 g/mol. The van der Waals surface area contributed by atoms with Gasteiger partial charge in [-0.2, -0.15) is 0 Å². The average molecular weight is 283 g/mol. The Balaban J connectivity index is 2.10. The van der Waals surface area contributed by atoms with Gasteiger partial charge in [0, 0.05) is 24.3 Å². The molecule has 7 heteroatoms. The Morgan fingerprint density at radius 3 is 2.74 bits per heavy atom. The van der Waals surface area contributed by atoms with Gasteiger partial charge in [0.1, 0.15) is 5.82 Å². The minimum atomic E-state index is -2.98. The van der Waals surface area contributed by atoms with Crippen molar-refractivity contribution in [2.24, 2.45) is 0 Å². The van der Waals surface area contributed by atoms with E-state index in [1.54, 1.807) is 26.1 Å². The van der Waals surface area contributed by atoms with Crippen LogP contribution in [0.2, 0.25) is 0 Å². The van der Waals surface area contributed by atoms with Crippen molar-refractivity contribution < 1.29 is 13.2 Å². The summed E-state index contributed by atoms with van der Waals surface area (Å²) in [6.07, 6.45) is 0.483. The maximum Gasteiger partial charge on any atom is 0.251 e. The highest BCUT2D eigenvalue weighted by Crippen LogP contribution is 2.14. The molecule has 2 rings (SSSR count). The predicted octanol–water partition coefficient (Wildman–Crippen LogP) is 0.349. The van der Waals surface area contributed by atoms with Gasteiger partial charge >= 0.3 is 0 Å². The molecule has 6 nitrogen and oxygen atoms in total. The fourth-order valence-corrected chi connectivity index (χ4v) is 3.78. The Kier molecular flexibility index (Phi) is 3.75. The molecule has 0 spiro atoms. The van der Waals surface area contributed by atoms with Gasteiger partial charge in [-0.05, 0) is 25.5 Å². The van der Waals surface area contributed by atoms with Gasteiger partial charge in [0.2, 0.25) is 0 Å². The van der Waals surface area contributed by atoms with Crippen molar-refractivity contribution in [2.45, 2.75) is 19.4 Å². The fraction of sp³-hybridized carbons (Fsp3) is 0.500. The van der Waals surface area contributed by atoms with E-state index in [1.165, 1.54) is 0 Å². The number of sulfone groups is 1. The molecular weight excluding hydrogens is 266 g/mol. The number of amides is 1. The highest BCUT2D eigenvalue weighted by atomic mass is 32.2. The van der Waals surface area contributed by atoms with E-state index in [0.717, 1.165) is 5.69 Å². The van der Waals surface area contributed by atoms with Crippen LogP contribution in [0.1, 0.15) is 22.5 Å². The van der Waals surface area contributed by atoms with Crippen molar-refractivity contribution in [3.8, 4) is 0 Å². The SMILES string of the molecule is CNc1cc(C(=O)NC2CCS(=O)(=O)C2)cc(C)n1. The minimum Gasteiger partial charge on any atom is -0.373 e. The second kappa shape index (κ2) is 5.16. The number of pyridine rings is 1. The number of anilines is 1. The normalized spacial score (nSPS) is 21.1. The summed E-state index contributed by atoms with van der Waals surface area (Å²) in [6, 6.07) is 3.04. The van der Waals surface area contributed by atoms with Crippen molar-refractivity contribution in [3.05, 3.63) is 23.4 Å². The Bertz CT molecular complexity index is 598. The van der Waals surface area contributed by atoms with E-state index in [0.29, 0.717) is 17.8 Å². The summed E-state index contributed by atoms with van der Waals surface area (Å²) in [7, 11) is -1.25. The summed E-state index contributed by atoms with van der Waals surface area (Å²) in [5, 5.41) is 5.64. The molecule has 1 fully saturated rings. The summed E-state index contributed by atoms with van der Waals surface area (Å²) < 4.78 is 22.7. The van der Waals surface area contributed by atoms with Gasteiger partial charge in [0.25, 0.3) is 5.91 Å². The smallest absolute Gasteiger partial charge is 0.251 e. The van der Waals surface area contributed by atoms with Gasteiger partial charge in [0.05, 0.1) is 11.5 Å². The van der Waals surface area contributed by atoms with E-state index >= 15 is 0 Å². The maximum atomic E-state index is 12.1. The standard InChI is InChI=1S/C12H17N3O3S/c1-8-5-9(6-11(13-2)14-8)12(16)15-10-3-4-19(17,18)7-10/h5-6,10H,3-4,7H2,1-2H3,(H,13,14)(H,15,16). The number of hydrogen-bond acceptors (Lipinski definition) is 5. The van der Waals surface area contributed by atoms with Gasteiger partial charge in [-0.1, -0.05) is 0 Å². The van der Waals surface area contributed by atoms with Gasteiger partial charge < -0.3 is 10.6 Å². The van der Waals surface area contributed by atoms with E-state index in [2.05, 4.69) is 15.6 Å². The van der Waals surface area contributed by atoms with E-state index in [9.17, 15) is 13.2 Å². The number of aryl methyl sites for hydroxylation is 1. The summed E-state index contributed by atoms with van der Waals surface area (Å²) in [4.78, 5) is 16.3. The van der Waals surface area contributed by atoms with Gasteiger partial charge in [-0.15, -0.1) is 0 Å². The van der Waals surface area contributed by atoms with E-state index < -0.39 is 9.84 Å². The molecule has 0 bridgehead atoms. The fourth-order valence-electron chi connectivity index (χ4n) is 2.11. The zero-order chi connectivity index (χ0) is 14.0. The zero-order valence-corrected chi connectivity index (χ0v) is 11.8. The number of hydrogen-bond donors (Lipinski definition) is 2. The lowest BCUT2D eigenvalue weighted by Crippen LogP contribution is -2.35. The van der Waals surface area contributed by atoms with Crippen LogP contribution in [0.15, 0.2) is 12.1 Å². The lowest BCUT2D eigenvalue weighted by atomic mass is 10.2. The molecule has 1 saturated heterocycles. The Hall–Kier alpha value is -1.63. The molecule has 1 aromatic heterocycles. The van der Waals surface area contributed by atoms with Crippen molar-refractivity contribution in [2.75, 3.05) is 23.9 Å². The molecule has 104 valence electrons. The maximum absolute atomic E-state index is 12.1. The van der Waals surface area contributed by atoms with Crippen molar-refractivity contribution in [1.82, 2.24) is 10.3 Å². The molecule has 1 atom stereocenters. The van der Waals surface area contributed by atoms with Crippen LogP contribution in [0.25, 0.3) is 0 Å². The van der Waals surface area contributed by atoms with Crippen LogP contribution < -0.4 is 10.6 Å². The Morgan fingerprint density at radius 1 is 1.42 bits per heavy atom. The third-order valence-corrected chi connectivity index (χ3v) is 4.81. The average Bonchev–Trinajstić information content (AvgIpc) is 2.67. The van der Waals surface area contributed by atoms with Crippen LogP contribution >= 0.6 is 0 Å². The first-order chi connectivity index (χ1) is 8.89. The zero-order valence-electron chi connectivity index (χ0n) is 10.9. The number of rotatable bonds is 3. The van der Waals surface area contributed by atoms with Crippen LogP contribution in [-0.2, 0) is 9.84 Å². The molecule has 0 aliphatic carbocycles.